The Morgan fingerprint density at radius 1 is 1.52 bits per heavy atom. The topological polar surface area (TPSA) is 126 Å². The number of aromatic nitrogens is 4. The molecule has 3 heterocycles. The van der Waals surface area contributed by atoms with Crippen molar-refractivity contribution in [3.63, 3.8) is 0 Å². The van der Waals surface area contributed by atoms with Crippen LogP contribution in [-0.4, -0.2) is 54.1 Å². The first-order valence-corrected chi connectivity index (χ1v) is 11.3. The number of nitrogen functional groups attached to an aromatic ring is 1. The van der Waals surface area contributed by atoms with E-state index in [1.165, 1.54) is 17.8 Å². The van der Waals surface area contributed by atoms with Crippen LogP contribution in [0.15, 0.2) is 30.1 Å². The van der Waals surface area contributed by atoms with Gasteiger partial charge in [0, 0.05) is 31.1 Å². The number of hydrogen-bond donors (Lipinski definition) is 3. The van der Waals surface area contributed by atoms with Crippen molar-refractivity contribution in [3.05, 3.63) is 30.6 Å². The molecule has 0 spiro atoms. The third kappa shape index (κ3) is 5.98. The number of hydrogen-bond acceptors (Lipinski definition) is 8. The molecule has 1 saturated heterocycles. The van der Waals surface area contributed by atoms with Gasteiger partial charge >= 0.3 is 0 Å². The quantitative estimate of drug-likeness (QED) is 0.311. The minimum absolute atomic E-state index is 0.0847. The molecule has 0 aromatic carbocycles. The van der Waals surface area contributed by atoms with E-state index < -0.39 is 0 Å². The van der Waals surface area contributed by atoms with Crippen LogP contribution in [0.5, 0.6) is 0 Å². The van der Waals surface area contributed by atoms with Gasteiger partial charge in [-0.1, -0.05) is 32.0 Å². The number of rotatable bonds is 8. The lowest BCUT2D eigenvalue weighted by atomic mass is 10.1. The Labute approximate surface area is 191 Å². The second kappa shape index (κ2) is 10.1. The third-order valence-corrected chi connectivity index (χ3v) is 6.13. The van der Waals surface area contributed by atoms with Gasteiger partial charge in [-0.15, -0.1) is 11.8 Å². The zero-order valence-electron chi connectivity index (χ0n) is 17.6. The van der Waals surface area contributed by atoms with Gasteiger partial charge in [0.25, 0.3) is 0 Å². The zero-order chi connectivity index (χ0) is 22.5. The highest BCUT2D eigenvalue weighted by molar-refractivity contribution is 8.00. The highest BCUT2D eigenvalue weighted by atomic mass is 35.5. The molecule has 0 unspecified atom stereocenters. The predicted molar refractivity (Wildman–Crippen MR) is 125 cm³/mol. The normalized spacial score (nSPS) is 16.4. The molecule has 0 saturated carbocycles. The molecule has 1 aliphatic rings. The van der Waals surface area contributed by atoms with Crippen molar-refractivity contribution >= 4 is 51.9 Å². The summed E-state index contributed by atoms with van der Waals surface area (Å²) in [6.07, 6.45) is 6.70. The van der Waals surface area contributed by atoms with Gasteiger partial charge < -0.3 is 16.0 Å². The van der Waals surface area contributed by atoms with Crippen molar-refractivity contribution in [1.29, 1.82) is 5.41 Å². The maximum atomic E-state index is 12.0. The van der Waals surface area contributed by atoms with Gasteiger partial charge in [-0.25, -0.2) is 4.98 Å². The number of likely N-dealkylation sites (tertiary alicyclic amines) is 1. The minimum Gasteiger partial charge on any atom is -0.383 e. The molecule has 0 radical (unpaired) electrons. The van der Waals surface area contributed by atoms with Crippen LogP contribution >= 0.6 is 23.4 Å². The lowest BCUT2D eigenvalue weighted by Crippen LogP contribution is -2.40. The van der Waals surface area contributed by atoms with Gasteiger partial charge in [0.05, 0.1) is 17.4 Å². The Morgan fingerprint density at radius 2 is 2.29 bits per heavy atom. The van der Waals surface area contributed by atoms with E-state index in [1.807, 2.05) is 10.9 Å². The minimum atomic E-state index is -0.217. The average molecular weight is 463 g/mol. The summed E-state index contributed by atoms with van der Waals surface area (Å²) in [7, 11) is 0. The molecule has 0 aliphatic carbocycles. The molecule has 2 aromatic heterocycles. The molecule has 1 fully saturated rings. The first-order chi connectivity index (χ1) is 14.8. The lowest BCUT2D eigenvalue weighted by Gasteiger charge is -2.31. The van der Waals surface area contributed by atoms with Gasteiger partial charge in [-0.05, 0) is 24.8 Å². The van der Waals surface area contributed by atoms with Gasteiger partial charge in [-0.2, -0.15) is 10.1 Å². The Hall–Kier alpha value is -2.59. The highest BCUT2D eigenvalue weighted by Crippen LogP contribution is 2.34. The number of nitrogens with zero attached hydrogens (tertiary/aromatic N) is 5. The number of thioether (sulfide) groups is 1. The first-order valence-electron chi connectivity index (χ1n) is 10.1. The molecular formula is C20H27ClN8OS. The Morgan fingerprint density at radius 3 is 2.97 bits per heavy atom. The molecule has 2 aromatic rings. The maximum Gasteiger partial charge on any atom is 0.245 e. The monoisotopic (exact) mass is 462 g/mol. The van der Waals surface area contributed by atoms with Gasteiger partial charge in [-0.3, -0.25) is 14.9 Å². The summed E-state index contributed by atoms with van der Waals surface area (Å²) in [5.74, 6) is 0.822. The van der Waals surface area contributed by atoms with E-state index in [1.54, 1.807) is 11.1 Å². The van der Waals surface area contributed by atoms with Crippen LogP contribution in [0.25, 0.3) is 0 Å². The van der Waals surface area contributed by atoms with Crippen LogP contribution in [0, 0.1) is 11.3 Å². The van der Waals surface area contributed by atoms with Gasteiger partial charge in [0.15, 0.2) is 0 Å². The number of carbonyl (C=O) groups excluding carboxylic acids is 1. The fourth-order valence-electron chi connectivity index (χ4n) is 3.36. The lowest BCUT2D eigenvalue weighted by molar-refractivity contribution is -0.126. The average Bonchev–Trinajstić information content (AvgIpc) is 3.12. The predicted octanol–water partition coefficient (Wildman–Crippen LogP) is 3.49. The molecule has 4 N–H and O–H groups in total. The largest absolute Gasteiger partial charge is 0.383 e. The maximum absolute atomic E-state index is 12.0. The molecule has 0 bridgehead atoms. The van der Waals surface area contributed by atoms with Crippen molar-refractivity contribution in [2.45, 2.75) is 43.5 Å². The van der Waals surface area contributed by atoms with Crippen molar-refractivity contribution in [1.82, 2.24) is 24.6 Å². The van der Waals surface area contributed by atoms with Crippen LogP contribution in [-0.2, 0) is 11.3 Å². The molecule has 1 amide bonds. The fraction of sp³-hybridized carbons (Fsp3) is 0.450. The number of nitrogens with one attached hydrogen (secondary N) is 2. The summed E-state index contributed by atoms with van der Waals surface area (Å²) in [5.41, 5.74) is 7.17. The highest BCUT2D eigenvalue weighted by Gasteiger charge is 2.26. The number of piperidine rings is 1. The molecule has 11 heteroatoms. The molecule has 3 rings (SSSR count). The van der Waals surface area contributed by atoms with Gasteiger partial charge in [0.2, 0.25) is 11.9 Å². The number of amides is 1. The van der Waals surface area contributed by atoms with Crippen molar-refractivity contribution in [2.75, 3.05) is 24.1 Å². The summed E-state index contributed by atoms with van der Waals surface area (Å²) in [4.78, 5) is 22.6. The van der Waals surface area contributed by atoms with E-state index >= 15 is 0 Å². The summed E-state index contributed by atoms with van der Waals surface area (Å²) in [5, 5.41) is 15.8. The third-order valence-electron chi connectivity index (χ3n) is 4.71. The van der Waals surface area contributed by atoms with Crippen LogP contribution in [0.3, 0.4) is 0 Å². The summed E-state index contributed by atoms with van der Waals surface area (Å²) in [6.45, 7) is 9.89. The molecule has 9 nitrogen and oxygen atoms in total. The second-order valence-electron chi connectivity index (χ2n) is 7.77. The number of halogens is 1. The van der Waals surface area contributed by atoms with E-state index in [2.05, 4.69) is 40.8 Å². The smallest absolute Gasteiger partial charge is 0.245 e. The van der Waals surface area contributed by atoms with Crippen molar-refractivity contribution in [2.24, 2.45) is 5.92 Å². The number of anilines is 3. The standard InChI is InChI=1S/C20H27ClN8OS/c1-4-15(30)28-7-5-6-14(11-28)31-19-16(17(21)22)18(23)26-20(27-19)25-13-8-24-29(10-13)9-12(2)3/h4,8,10,12,14,22H,1,5-7,9,11H2,2-3H3,(H3,23,25,26,27)/t14-/m1/s1. The summed E-state index contributed by atoms with van der Waals surface area (Å²) < 4.78 is 1.85. The zero-order valence-corrected chi connectivity index (χ0v) is 19.2. The second-order valence-corrected chi connectivity index (χ2v) is 9.43. The van der Waals surface area contributed by atoms with Gasteiger partial charge in [0.1, 0.15) is 16.0 Å². The van der Waals surface area contributed by atoms with Crippen LogP contribution in [0.2, 0.25) is 0 Å². The number of carbonyl (C=O) groups is 1. The van der Waals surface area contributed by atoms with E-state index in [9.17, 15) is 4.79 Å². The molecule has 1 aliphatic heterocycles. The van der Waals surface area contributed by atoms with Crippen molar-refractivity contribution < 1.29 is 4.79 Å². The van der Waals surface area contributed by atoms with E-state index in [0.717, 1.165) is 25.1 Å². The Bertz CT molecular complexity index is 976. The summed E-state index contributed by atoms with van der Waals surface area (Å²) >= 11 is 7.45. The summed E-state index contributed by atoms with van der Waals surface area (Å²) in [6, 6.07) is 0. The fourth-order valence-corrected chi connectivity index (χ4v) is 4.92. The Balaban J connectivity index is 1.82. The molecule has 31 heavy (non-hydrogen) atoms. The molecular weight excluding hydrogens is 436 g/mol. The van der Waals surface area contributed by atoms with Crippen LogP contribution in [0.1, 0.15) is 32.3 Å². The first kappa shape index (κ1) is 23.1. The van der Waals surface area contributed by atoms with E-state index in [0.29, 0.717) is 35.5 Å². The Kier molecular flexibility index (Phi) is 7.55. The van der Waals surface area contributed by atoms with Crippen LogP contribution in [0.4, 0.5) is 17.5 Å². The van der Waals surface area contributed by atoms with E-state index in [4.69, 9.17) is 22.7 Å². The van der Waals surface area contributed by atoms with Crippen LogP contribution < -0.4 is 11.1 Å². The molecule has 166 valence electrons. The van der Waals surface area contributed by atoms with Crippen molar-refractivity contribution in [3.8, 4) is 0 Å². The SMILES string of the molecule is C=CC(=O)N1CCC[C@@H](Sc2nc(Nc3cnn(CC(C)C)c3)nc(N)c2C(=N)Cl)C1. The number of nitrogens with two attached hydrogens (primary N) is 1. The van der Waals surface area contributed by atoms with E-state index in [-0.39, 0.29) is 22.1 Å². The molecule has 1 atom stereocenters.